The third-order valence-electron chi connectivity index (χ3n) is 11.7. The van der Waals surface area contributed by atoms with Crippen molar-refractivity contribution in [3.05, 3.63) is 0 Å². The molecule has 11 nitrogen and oxygen atoms in total. The van der Waals surface area contributed by atoms with Crippen LogP contribution >= 0.6 is 0 Å². The molecule has 4 aliphatic rings. The van der Waals surface area contributed by atoms with Crippen LogP contribution in [0.25, 0.3) is 0 Å². The van der Waals surface area contributed by atoms with Gasteiger partial charge in [0, 0.05) is 17.8 Å². The zero-order valence-corrected chi connectivity index (χ0v) is 25.5. The molecular weight excluding hydrogens is 594 g/mol. The van der Waals surface area contributed by atoms with Crippen molar-refractivity contribution in [3.63, 3.8) is 0 Å². The van der Waals surface area contributed by atoms with Crippen LogP contribution in [0.5, 0.6) is 0 Å². The van der Waals surface area contributed by atoms with Gasteiger partial charge >= 0.3 is 21.3 Å². The number of rotatable bonds is 13. The minimum absolute atomic E-state index is 0.0105. The van der Waals surface area contributed by atoms with Crippen LogP contribution in [0, 0.1) is 46.3 Å². The van der Waals surface area contributed by atoms with Crippen molar-refractivity contribution >= 4 is 35.5 Å². The number of hydrogen-bond donors (Lipinski definition) is 1. The van der Waals surface area contributed by atoms with Gasteiger partial charge in [-0.1, -0.05) is 20.8 Å². The first-order chi connectivity index (χ1) is 20.1. The lowest BCUT2D eigenvalue weighted by molar-refractivity contribution is -0.218. The molecular formula is C29H42F2O11S. The molecule has 0 saturated heterocycles. The van der Waals surface area contributed by atoms with E-state index in [1.165, 1.54) is 0 Å². The smallest absolute Gasteiger partial charge is 0.402 e. The molecule has 14 heteroatoms. The molecule has 244 valence electrons. The number of alkyl halides is 2. The topological polar surface area (TPSA) is 160 Å². The molecule has 0 amide bonds. The van der Waals surface area contributed by atoms with E-state index in [2.05, 4.69) is 18.6 Å². The van der Waals surface area contributed by atoms with E-state index in [0.29, 0.717) is 38.7 Å². The summed E-state index contributed by atoms with van der Waals surface area (Å²) in [7, 11) is -5.72. The molecule has 0 aromatic carbocycles. The van der Waals surface area contributed by atoms with Gasteiger partial charge in [-0.15, -0.1) is 0 Å². The largest absolute Gasteiger partial charge is 0.465 e. The van der Waals surface area contributed by atoms with E-state index in [-0.39, 0.29) is 66.0 Å². The van der Waals surface area contributed by atoms with Crippen molar-refractivity contribution in [2.24, 2.45) is 46.3 Å². The molecule has 0 bridgehead atoms. The highest BCUT2D eigenvalue weighted by Crippen LogP contribution is 2.69. The minimum atomic E-state index is -5.72. The Kier molecular flexibility index (Phi) is 9.80. The summed E-state index contributed by atoms with van der Waals surface area (Å²) in [6.45, 7) is 5.93. The van der Waals surface area contributed by atoms with Crippen molar-refractivity contribution in [2.45, 2.75) is 102 Å². The molecule has 11 atom stereocenters. The fraction of sp³-hybridized carbons (Fsp3) is 0.862. The maximum absolute atomic E-state index is 13.5. The van der Waals surface area contributed by atoms with Crippen molar-refractivity contribution in [3.8, 4) is 0 Å². The molecule has 0 aromatic rings. The molecule has 1 N–H and O–H groups in total. The van der Waals surface area contributed by atoms with Gasteiger partial charge in [0.25, 0.3) is 19.4 Å². The first-order valence-corrected chi connectivity index (χ1v) is 16.4. The molecule has 4 rings (SSSR count). The van der Waals surface area contributed by atoms with Gasteiger partial charge in [0.05, 0.1) is 0 Å². The van der Waals surface area contributed by atoms with E-state index >= 15 is 0 Å². The lowest BCUT2D eigenvalue weighted by atomic mass is 9.43. The molecule has 43 heavy (non-hydrogen) atoms. The molecule has 0 aliphatic heterocycles. The third kappa shape index (κ3) is 6.14. The van der Waals surface area contributed by atoms with Gasteiger partial charge in [0.1, 0.15) is 18.3 Å². The quantitative estimate of drug-likeness (QED) is 0.135. The second kappa shape index (κ2) is 12.6. The average molecular weight is 637 g/mol. The Morgan fingerprint density at radius 1 is 1.00 bits per heavy atom. The van der Waals surface area contributed by atoms with Gasteiger partial charge in [0.2, 0.25) is 0 Å². The van der Waals surface area contributed by atoms with E-state index in [1.807, 2.05) is 6.92 Å². The summed E-state index contributed by atoms with van der Waals surface area (Å²) >= 11 is 0. The van der Waals surface area contributed by atoms with Crippen molar-refractivity contribution in [2.75, 3.05) is 6.61 Å². The summed E-state index contributed by atoms with van der Waals surface area (Å²) in [5, 5.41) is -4.60. The number of carbonyl (C=O) groups excluding carboxylic acids is 4. The second-order valence-electron chi connectivity index (χ2n) is 13.4. The predicted octanol–water partition coefficient (Wildman–Crippen LogP) is 3.93. The zero-order chi connectivity index (χ0) is 31.8. The molecule has 0 aromatic heterocycles. The number of carbonyl (C=O) groups is 4. The molecule has 0 spiro atoms. The van der Waals surface area contributed by atoms with Crippen LogP contribution in [0.15, 0.2) is 0 Å². The van der Waals surface area contributed by atoms with Gasteiger partial charge in [-0.3, -0.25) is 23.7 Å². The van der Waals surface area contributed by atoms with Crippen LogP contribution in [0.3, 0.4) is 0 Å². The molecule has 0 radical (unpaired) electrons. The Bertz CT molecular complexity index is 1170. The van der Waals surface area contributed by atoms with Crippen LogP contribution < -0.4 is 0 Å². The minimum Gasteiger partial charge on any atom is -0.465 e. The normalized spacial score (nSPS) is 39.7. The van der Waals surface area contributed by atoms with Gasteiger partial charge in [-0.25, -0.2) is 0 Å². The average Bonchev–Trinajstić information content (AvgIpc) is 3.29. The molecule has 4 saturated carbocycles. The molecule has 5 unspecified atom stereocenters. The predicted molar refractivity (Wildman–Crippen MR) is 145 cm³/mol. The van der Waals surface area contributed by atoms with Crippen molar-refractivity contribution in [1.82, 2.24) is 0 Å². The van der Waals surface area contributed by atoms with Gasteiger partial charge < -0.3 is 18.9 Å². The van der Waals surface area contributed by atoms with Crippen LogP contribution in [0.1, 0.15) is 78.6 Å². The summed E-state index contributed by atoms with van der Waals surface area (Å²) in [4.78, 5) is 46.7. The third-order valence-corrected chi connectivity index (χ3v) is 12.6. The molecule has 4 aliphatic carbocycles. The number of hydrogen-bond acceptors (Lipinski definition) is 10. The lowest BCUT2D eigenvalue weighted by Crippen LogP contribution is -2.63. The van der Waals surface area contributed by atoms with Crippen LogP contribution in [-0.2, 0) is 48.2 Å². The monoisotopic (exact) mass is 636 g/mol. The fourth-order valence-corrected chi connectivity index (χ4v) is 9.81. The van der Waals surface area contributed by atoms with E-state index in [1.54, 1.807) is 0 Å². The van der Waals surface area contributed by atoms with E-state index in [9.17, 15) is 36.4 Å². The first kappa shape index (κ1) is 33.5. The standard InChI is InChI=1S/C29H42F2O11S/c1-17(4-7-25(35)39-13-29(30,31)43(36,37)38)20-5-6-21-26-22(12-24(42-16-34)28(20,21)3)27(2)9-8-19(40-14-32)10-18(27)11-23(26)41-15-33/h14-24,26H,4-13H2,1-3H3,(H,36,37,38)/t17-,18-,19?,20?,21+,22+,23?,24?,26?,27+,28-/m1/s1. The van der Waals surface area contributed by atoms with Crippen molar-refractivity contribution < 1.29 is 59.9 Å². The maximum Gasteiger partial charge on any atom is 0.402 e. The SMILES string of the molecule is C[C@H](CCC(=O)OCC(F)(F)S(=O)(=O)O)C1CC[C@H]2C3C(OC=O)C[C@H]4CC(OC=O)CC[C@]4(C)[C@H]3CC(OC=O)[C@]12C. The highest BCUT2D eigenvalue weighted by molar-refractivity contribution is 7.86. The van der Waals surface area contributed by atoms with Crippen molar-refractivity contribution in [1.29, 1.82) is 0 Å². The Morgan fingerprint density at radius 2 is 1.67 bits per heavy atom. The van der Waals surface area contributed by atoms with E-state index in [4.69, 9.17) is 18.8 Å². The summed E-state index contributed by atoms with van der Waals surface area (Å²) in [6.07, 6.45) is 3.99. The molecule has 0 heterocycles. The van der Waals surface area contributed by atoms with Crippen LogP contribution in [0.4, 0.5) is 8.78 Å². The first-order valence-electron chi connectivity index (χ1n) is 14.9. The van der Waals surface area contributed by atoms with Crippen LogP contribution in [-0.4, -0.2) is 68.5 Å². The van der Waals surface area contributed by atoms with E-state index in [0.717, 1.165) is 25.7 Å². The molecule has 4 fully saturated rings. The van der Waals surface area contributed by atoms with Gasteiger partial charge in [-0.2, -0.15) is 17.2 Å². The Balaban J connectivity index is 1.54. The lowest BCUT2D eigenvalue weighted by Gasteiger charge is -2.64. The summed E-state index contributed by atoms with van der Waals surface area (Å²) < 4.78 is 78.5. The second-order valence-corrected chi connectivity index (χ2v) is 15.0. The fourth-order valence-electron chi connectivity index (χ4n) is 9.61. The maximum atomic E-state index is 13.5. The summed E-state index contributed by atoms with van der Waals surface area (Å²) in [5.41, 5.74) is -0.658. The summed E-state index contributed by atoms with van der Waals surface area (Å²) in [6, 6.07) is 0. The highest BCUT2D eigenvalue weighted by atomic mass is 32.2. The summed E-state index contributed by atoms with van der Waals surface area (Å²) in [5.74, 6) is -0.869. The van der Waals surface area contributed by atoms with Gasteiger partial charge in [-0.05, 0) is 86.4 Å². The Morgan fingerprint density at radius 3 is 2.30 bits per heavy atom. The number of ether oxygens (including phenoxy) is 4. The number of halogens is 2. The zero-order valence-electron chi connectivity index (χ0n) is 24.7. The number of fused-ring (bicyclic) bond motifs is 5. The highest BCUT2D eigenvalue weighted by Gasteiger charge is 2.67. The Hall–Kier alpha value is -2.35. The Labute approximate surface area is 250 Å². The van der Waals surface area contributed by atoms with E-state index < -0.39 is 39.5 Å². The number of esters is 1. The van der Waals surface area contributed by atoms with Gasteiger partial charge in [0.15, 0.2) is 6.61 Å². The van der Waals surface area contributed by atoms with Crippen LogP contribution in [0.2, 0.25) is 0 Å².